The largest absolute Gasteiger partial charge is 0.495 e. The zero-order chi connectivity index (χ0) is 38.5. The maximum absolute atomic E-state index is 6.24. The molecule has 0 aliphatic heterocycles. The van der Waals surface area contributed by atoms with E-state index in [1.165, 1.54) is 62.5 Å². The summed E-state index contributed by atoms with van der Waals surface area (Å²) in [6, 6.07) is 35.2. The molecule has 0 unspecified atom stereocenters. The molecule has 0 aliphatic carbocycles. The molecule has 0 amide bonds. The summed E-state index contributed by atoms with van der Waals surface area (Å²) in [5, 5.41) is 8.57. The fourth-order valence-electron chi connectivity index (χ4n) is 7.74. The molecule has 8 aromatic heterocycles. The minimum absolute atomic E-state index is 0.873. The molecule has 0 atom stereocenters. The van der Waals surface area contributed by atoms with E-state index in [1.807, 2.05) is 0 Å². The van der Waals surface area contributed by atoms with Gasteiger partial charge in [0.1, 0.15) is 33.6 Å². The molecule has 12 aromatic rings. The van der Waals surface area contributed by atoms with Crippen molar-refractivity contribution in [3.05, 3.63) is 108 Å². The number of methoxy groups -OCH3 is 2. The highest BCUT2D eigenvalue weighted by atomic mass is 32.1. The van der Waals surface area contributed by atoms with Gasteiger partial charge in [-0.25, -0.2) is 0 Å². The van der Waals surface area contributed by atoms with Gasteiger partial charge in [-0.1, -0.05) is 36.4 Å². The van der Waals surface area contributed by atoms with E-state index in [0.717, 1.165) is 86.8 Å². The van der Waals surface area contributed by atoms with Gasteiger partial charge in [0.25, 0.3) is 0 Å². The lowest BCUT2D eigenvalue weighted by molar-refractivity contribution is 0.421. The number of nitrogens with zero attached hydrogens (tertiary/aromatic N) is 4. The monoisotopic (exact) mass is 896 g/mol. The average Bonchev–Trinajstić information content (AvgIpc) is 4.10. The normalized spacial score (nSPS) is 12.0. The van der Waals surface area contributed by atoms with Crippen molar-refractivity contribution in [1.82, 2.24) is 17.5 Å². The van der Waals surface area contributed by atoms with Crippen molar-refractivity contribution in [3.63, 3.8) is 0 Å². The van der Waals surface area contributed by atoms with Crippen LogP contribution in [-0.2, 0) is 0 Å². The lowest BCUT2D eigenvalue weighted by atomic mass is 10.0. The molecule has 280 valence electrons. The van der Waals surface area contributed by atoms with Gasteiger partial charge in [0.2, 0.25) is 0 Å². The average molecular weight is 897 g/mol. The van der Waals surface area contributed by atoms with Crippen molar-refractivity contribution in [2.24, 2.45) is 0 Å². The number of aromatic nitrogens is 4. The first-order valence-corrected chi connectivity index (χ1v) is 24.5. The van der Waals surface area contributed by atoms with E-state index in [2.05, 4.69) is 108 Å². The van der Waals surface area contributed by atoms with Crippen LogP contribution < -0.4 is 9.47 Å². The molecule has 0 bridgehead atoms. The molecule has 0 fully saturated rings. The third-order valence-corrected chi connectivity index (χ3v) is 18.1. The molecule has 4 aromatic carbocycles. The van der Waals surface area contributed by atoms with Crippen LogP contribution in [0.25, 0.3) is 114 Å². The minimum Gasteiger partial charge on any atom is -0.495 e. The Balaban J connectivity index is 0.913. The quantitative estimate of drug-likeness (QED) is 0.151. The first-order chi connectivity index (χ1) is 28.6. The summed E-state index contributed by atoms with van der Waals surface area (Å²) in [7, 11) is 3.54. The van der Waals surface area contributed by atoms with E-state index in [0.29, 0.717) is 0 Å². The van der Waals surface area contributed by atoms with Gasteiger partial charge in [-0.05, 0) is 82.2 Å². The molecular formula is C44H24N4O2S8. The van der Waals surface area contributed by atoms with Crippen LogP contribution in [0.15, 0.2) is 108 Å². The number of ether oxygens (including phenoxy) is 2. The van der Waals surface area contributed by atoms with Gasteiger partial charge in [-0.15, -0.1) is 68.0 Å². The molecule has 12 rings (SSSR count). The van der Waals surface area contributed by atoms with E-state index < -0.39 is 0 Å². The first-order valence-electron chi connectivity index (χ1n) is 18.0. The first kappa shape index (κ1) is 35.1. The van der Waals surface area contributed by atoms with Gasteiger partial charge in [-0.2, -0.15) is 17.5 Å². The van der Waals surface area contributed by atoms with Gasteiger partial charge < -0.3 is 9.47 Å². The van der Waals surface area contributed by atoms with Crippen molar-refractivity contribution in [2.45, 2.75) is 0 Å². The molecule has 0 saturated carbocycles. The molecular weight excluding hydrogens is 873 g/mol. The van der Waals surface area contributed by atoms with E-state index in [1.54, 1.807) is 82.2 Å². The predicted molar refractivity (Wildman–Crippen MR) is 254 cm³/mol. The molecule has 0 spiro atoms. The summed E-state index contributed by atoms with van der Waals surface area (Å²) in [5.41, 5.74) is 8.34. The lowest BCUT2D eigenvalue weighted by Gasteiger charge is -2.11. The molecule has 0 aliphatic rings. The van der Waals surface area contributed by atoms with Crippen LogP contribution in [0.2, 0.25) is 0 Å². The van der Waals surface area contributed by atoms with Crippen molar-refractivity contribution in [1.29, 1.82) is 0 Å². The van der Waals surface area contributed by atoms with Crippen molar-refractivity contribution in [2.75, 3.05) is 14.2 Å². The van der Waals surface area contributed by atoms with E-state index >= 15 is 0 Å². The second-order valence-electron chi connectivity index (χ2n) is 13.5. The standard InChI is InChI=1S/C44H24N4O2S8/c1-49-41-27-17-22-20-36(34-14-12-32(54-34)26-10-8-24(30-6-4-16-52-30)38-40(26)48-58-46-38)56-44(22)42(50-2)28(27)18-21-19-35(55-43(21)41)33-13-11-31(53-33)25-9-7-23(29-5-3-15-51-29)37-39(25)47-57-45-37/h3-20H,1-2H3. The number of rotatable bonds is 8. The molecule has 14 heteroatoms. The summed E-state index contributed by atoms with van der Waals surface area (Å²) < 4.78 is 33.6. The molecule has 58 heavy (non-hydrogen) atoms. The van der Waals surface area contributed by atoms with Gasteiger partial charge in [0, 0.05) is 72.0 Å². The Bertz CT molecular complexity index is 3280. The number of hydrogen-bond acceptors (Lipinski definition) is 14. The van der Waals surface area contributed by atoms with Crippen LogP contribution in [-0.4, -0.2) is 31.7 Å². The summed E-state index contributed by atoms with van der Waals surface area (Å²) in [4.78, 5) is 9.58. The zero-order valence-electron chi connectivity index (χ0n) is 30.3. The van der Waals surface area contributed by atoms with Crippen molar-refractivity contribution >= 4 is 144 Å². The van der Waals surface area contributed by atoms with Crippen molar-refractivity contribution in [3.8, 4) is 72.8 Å². The van der Waals surface area contributed by atoms with Crippen LogP contribution in [0.1, 0.15) is 0 Å². The van der Waals surface area contributed by atoms with Gasteiger partial charge in [-0.3, -0.25) is 0 Å². The third-order valence-electron chi connectivity index (χ3n) is 10.4. The molecule has 8 heterocycles. The van der Waals surface area contributed by atoms with Gasteiger partial charge in [0.15, 0.2) is 0 Å². The number of hydrogen-bond donors (Lipinski definition) is 0. The molecule has 0 saturated heterocycles. The highest BCUT2D eigenvalue weighted by molar-refractivity contribution is 7.28. The second-order valence-corrected chi connectivity index (χ2v) is 20.7. The number of benzene rings is 4. The zero-order valence-corrected chi connectivity index (χ0v) is 36.8. The van der Waals surface area contributed by atoms with Crippen LogP contribution in [0.5, 0.6) is 11.5 Å². The Morgan fingerprint density at radius 1 is 0.397 bits per heavy atom. The van der Waals surface area contributed by atoms with Crippen LogP contribution >= 0.6 is 91.5 Å². The van der Waals surface area contributed by atoms with Crippen LogP contribution in [0.3, 0.4) is 0 Å². The van der Waals surface area contributed by atoms with Crippen molar-refractivity contribution < 1.29 is 9.47 Å². The lowest BCUT2D eigenvalue weighted by Crippen LogP contribution is -1.89. The Morgan fingerprint density at radius 2 is 0.793 bits per heavy atom. The summed E-state index contributed by atoms with van der Waals surface area (Å²) in [5.74, 6) is 1.75. The third kappa shape index (κ3) is 5.47. The fraction of sp³-hybridized carbons (Fsp3) is 0.0455. The summed E-state index contributed by atoms with van der Waals surface area (Å²) >= 11 is 13.1. The number of thiophene rings is 6. The topological polar surface area (TPSA) is 70.0 Å². The highest BCUT2D eigenvalue weighted by Gasteiger charge is 2.22. The van der Waals surface area contributed by atoms with E-state index in [-0.39, 0.29) is 0 Å². The maximum Gasteiger partial charge on any atom is 0.144 e. The highest BCUT2D eigenvalue weighted by Crippen LogP contribution is 2.52. The van der Waals surface area contributed by atoms with Crippen LogP contribution in [0, 0.1) is 0 Å². The Morgan fingerprint density at radius 3 is 1.17 bits per heavy atom. The van der Waals surface area contributed by atoms with Gasteiger partial charge >= 0.3 is 0 Å². The minimum atomic E-state index is 0.873. The predicted octanol–water partition coefficient (Wildman–Crippen LogP) is 15.5. The Kier molecular flexibility index (Phi) is 8.38. The number of fused-ring (bicyclic) bond motifs is 5. The molecule has 0 N–H and O–H groups in total. The SMILES string of the molecule is COc1c2cc3cc(-c4ccc(-c5ccc(-c6cccs6)c6nsnc56)s4)sc3c(OC)c2cc2cc(-c3ccc(-c4ccc(-c5cccs5)c5nsnc45)s3)sc12. The van der Waals surface area contributed by atoms with E-state index in [4.69, 9.17) is 27.0 Å². The van der Waals surface area contributed by atoms with Crippen LogP contribution in [0.4, 0.5) is 0 Å². The smallest absolute Gasteiger partial charge is 0.144 e. The van der Waals surface area contributed by atoms with Gasteiger partial charge in [0.05, 0.1) is 47.1 Å². The Hall–Kier alpha value is -4.90. The fourth-order valence-corrected chi connectivity index (χ4v) is 15.0. The maximum atomic E-state index is 6.24. The Labute approximate surface area is 363 Å². The summed E-state index contributed by atoms with van der Waals surface area (Å²) in [6.07, 6.45) is 0. The van der Waals surface area contributed by atoms with E-state index in [9.17, 15) is 0 Å². The molecule has 6 nitrogen and oxygen atoms in total. The molecule has 0 radical (unpaired) electrons. The second kappa shape index (κ2) is 13.9. The summed E-state index contributed by atoms with van der Waals surface area (Å²) in [6.45, 7) is 0.